The maximum Gasteiger partial charge on any atom is 0.164 e. The molecule has 9 aromatic carbocycles. The van der Waals surface area contributed by atoms with Gasteiger partial charge in [-0.2, -0.15) is 0 Å². The molecule has 0 unspecified atom stereocenters. The quantitative estimate of drug-likeness (QED) is 0.160. The molecule has 63 heavy (non-hydrogen) atoms. The van der Waals surface area contributed by atoms with Crippen LogP contribution < -0.4 is 0 Å². The molecule has 6 heteroatoms. The number of aromatic nitrogens is 6. The van der Waals surface area contributed by atoms with E-state index in [4.69, 9.17) is 24.9 Å². The fraction of sp³-hybridized carbons (Fsp3) is 0. The van der Waals surface area contributed by atoms with Crippen LogP contribution in [0, 0.1) is 0 Å². The van der Waals surface area contributed by atoms with Gasteiger partial charge in [-0.05, 0) is 50.4 Å². The summed E-state index contributed by atoms with van der Waals surface area (Å²) in [5.41, 5.74) is 9.97. The standard InChI is InChI=1S/C57H36N6/c1-3-15-41(16-4-1)51-49-21-11-12-22-50(49)57-62-53(42-17-5-2-6-18-42)61-56(63(51)57)44-31-25-40(26-32-44)39-23-29-43(30-24-39)52-58-54(47-33-27-37-13-7-9-19-45(37)35-47)60-55(59-52)48-34-28-38-14-8-10-20-46(38)36-48/h1-36H. The first-order valence-corrected chi connectivity index (χ1v) is 21.1. The lowest BCUT2D eigenvalue weighted by Crippen LogP contribution is -2.03. The molecule has 0 atom stereocenters. The molecule has 0 saturated heterocycles. The summed E-state index contributed by atoms with van der Waals surface area (Å²) in [7, 11) is 0. The molecule has 0 radical (unpaired) electrons. The predicted molar refractivity (Wildman–Crippen MR) is 257 cm³/mol. The largest absolute Gasteiger partial charge is 0.277 e. The molecule has 12 aromatic rings. The van der Waals surface area contributed by atoms with E-state index in [2.05, 4.69) is 205 Å². The van der Waals surface area contributed by atoms with E-state index < -0.39 is 0 Å². The molecule has 294 valence electrons. The van der Waals surface area contributed by atoms with Crippen molar-refractivity contribution in [3.63, 3.8) is 0 Å². The van der Waals surface area contributed by atoms with E-state index >= 15 is 0 Å². The summed E-state index contributed by atoms with van der Waals surface area (Å²) in [4.78, 5) is 25.7. The van der Waals surface area contributed by atoms with Gasteiger partial charge in [-0.3, -0.25) is 4.40 Å². The van der Waals surface area contributed by atoms with Gasteiger partial charge in [0.25, 0.3) is 0 Å². The van der Waals surface area contributed by atoms with E-state index in [-0.39, 0.29) is 0 Å². The minimum atomic E-state index is 0.619. The summed E-state index contributed by atoms with van der Waals surface area (Å²) in [6, 6.07) is 75.9. The third-order valence-electron chi connectivity index (χ3n) is 11.8. The molecule has 3 heterocycles. The van der Waals surface area contributed by atoms with Gasteiger partial charge >= 0.3 is 0 Å². The van der Waals surface area contributed by atoms with Crippen LogP contribution in [0.5, 0.6) is 0 Å². The fourth-order valence-corrected chi connectivity index (χ4v) is 8.66. The maximum atomic E-state index is 5.29. The van der Waals surface area contributed by atoms with Crippen LogP contribution in [-0.2, 0) is 0 Å². The zero-order valence-corrected chi connectivity index (χ0v) is 34.0. The van der Waals surface area contributed by atoms with Crippen molar-refractivity contribution in [2.75, 3.05) is 0 Å². The highest BCUT2D eigenvalue weighted by molar-refractivity contribution is 6.06. The van der Waals surface area contributed by atoms with Crippen LogP contribution in [0.1, 0.15) is 0 Å². The number of nitrogens with zero attached hydrogens (tertiary/aromatic N) is 6. The third-order valence-corrected chi connectivity index (χ3v) is 11.8. The summed E-state index contributed by atoms with van der Waals surface area (Å²) in [6.07, 6.45) is 0. The molecule has 0 aliphatic rings. The second-order valence-electron chi connectivity index (χ2n) is 15.7. The highest BCUT2D eigenvalue weighted by Crippen LogP contribution is 2.38. The molecule has 6 nitrogen and oxygen atoms in total. The second kappa shape index (κ2) is 15.1. The first-order valence-electron chi connectivity index (χ1n) is 21.1. The molecular weight excluding hydrogens is 769 g/mol. The first-order chi connectivity index (χ1) is 31.2. The van der Waals surface area contributed by atoms with Gasteiger partial charge in [0.2, 0.25) is 0 Å². The van der Waals surface area contributed by atoms with Crippen molar-refractivity contribution >= 4 is 38.0 Å². The van der Waals surface area contributed by atoms with Crippen LogP contribution in [0.3, 0.4) is 0 Å². The molecule has 0 aliphatic carbocycles. The Morgan fingerprint density at radius 3 is 1.22 bits per heavy atom. The number of rotatable bonds is 7. The lowest BCUT2D eigenvalue weighted by Gasteiger charge is -2.13. The van der Waals surface area contributed by atoms with Crippen LogP contribution in [0.4, 0.5) is 0 Å². The molecule has 0 saturated carbocycles. The molecule has 0 N–H and O–H groups in total. The van der Waals surface area contributed by atoms with Crippen molar-refractivity contribution in [2.24, 2.45) is 0 Å². The Bertz CT molecular complexity index is 3560. The van der Waals surface area contributed by atoms with Gasteiger partial charge in [0, 0.05) is 38.6 Å². The second-order valence-corrected chi connectivity index (χ2v) is 15.7. The molecule has 0 bridgehead atoms. The van der Waals surface area contributed by atoms with Crippen molar-refractivity contribution in [2.45, 2.75) is 0 Å². The van der Waals surface area contributed by atoms with Crippen molar-refractivity contribution in [3.8, 4) is 79.3 Å². The Morgan fingerprint density at radius 2 is 0.651 bits per heavy atom. The fourth-order valence-electron chi connectivity index (χ4n) is 8.66. The van der Waals surface area contributed by atoms with Crippen molar-refractivity contribution in [1.29, 1.82) is 0 Å². The highest BCUT2D eigenvalue weighted by atomic mass is 15.1. The molecule has 3 aromatic heterocycles. The number of hydrogen-bond donors (Lipinski definition) is 0. The van der Waals surface area contributed by atoms with Gasteiger partial charge in [0.05, 0.1) is 5.69 Å². The Kier molecular flexibility index (Phi) is 8.71. The van der Waals surface area contributed by atoms with Gasteiger partial charge in [-0.1, -0.05) is 206 Å². The van der Waals surface area contributed by atoms with Crippen molar-refractivity contribution in [1.82, 2.24) is 29.3 Å². The van der Waals surface area contributed by atoms with Crippen LogP contribution in [0.15, 0.2) is 218 Å². The highest BCUT2D eigenvalue weighted by Gasteiger charge is 2.21. The van der Waals surface area contributed by atoms with E-state index in [9.17, 15) is 0 Å². The number of hydrogen-bond acceptors (Lipinski definition) is 5. The minimum absolute atomic E-state index is 0.619. The van der Waals surface area contributed by atoms with Crippen LogP contribution in [0.2, 0.25) is 0 Å². The molecule has 0 amide bonds. The van der Waals surface area contributed by atoms with Crippen molar-refractivity contribution < 1.29 is 0 Å². The van der Waals surface area contributed by atoms with Gasteiger partial charge < -0.3 is 0 Å². The molecule has 0 fully saturated rings. The smallest absolute Gasteiger partial charge is 0.164 e. The van der Waals surface area contributed by atoms with E-state index in [1.807, 2.05) is 18.2 Å². The van der Waals surface area contributed by atoms with Gasteiger partial charge in [-0.25, -0.2) is 24.9 Å². The Labute approximate surface area is 363 Å². The molecule has 12 rings (SSSR count). The lowest BCUT2D eigenvalue weighted by atomic mass is 10.0. The number of fused-ring (bicyclic) bond motifs is 5. The zero-order valence-electron chi connectivity index (χ0n) is 34.0. The number of benzene rings is 9. The van der Waals surface area contributed by atoms with Gasteiger partial charge in [0.15, 0.2) is 23.3 Å². The normalized spacial score (nSPS) is 11.5. The maximum absolute atomic E-state index is 5.29. The van der Waals surface area contributed by atoms with E-state index in [0.29, 0.717) is 23.3 Å². The topological polar surface area (TPSA) is 68.9 Å². The van der Waals surface area contributed by atoms with E-state index in [1.54, 1.807) is 0 Å². The van der Waals surface area contributed by atoms with Gasteiger partial charge in [-0.15, -0.1) is 0 Å². The van der Waals surface area contributed by atoms with Crippen LogP contribution >= 0.6 is 0 Å². The summed E-state index contributed by atoms with van der Waals surface area (Å²) in [5.74, 6) is 3.40. The first kappa shape index (κ1) is 36.3. The average Bonchev–Trinajstić information content (AvgIpc) is 3.70. The summed E-state index contributed by atoms with van der Waals surface area (Å²) in [5, 5.41) is 6.84. The lowest BCUT2D eigenvalue weighted by molar-refractivity contribution is 1.05. The van der Waals surface area contributed by atoms with Crippen LogP contribution in [0.25, 0.3) is 117 Å². The average molecular weight is 805 g/mol. The molecular formula is C57H36N6. The van der Waals surface area contributed by atoms with Crippen molar-refractivity contribution in [3.05, 3.63) is 218 Å². The summed E-state index contributed by atoms with van der Waals surface area (Å²) >= 11 is 0. The molecule has 0 aliphatic heterocycles. The zero-order chi connectivity index (χ0) is 41.7. The van der Waals surface area contributed by atoms with E-state index in [0.717, 1.165) is 83.2 Å². The molecule has 0 spiro atoms. The van der Waals surface area contributed by atoms with Crippen LogP contribution in [-0.4, -0.2) is 29.3 Å². The summed E-state index contributed by atoms with van der Waals surface area (Å²) < 4.78 is 2.23. The monoisotopic (exact) mass is 804 g/mol. The Hall–Kier alpha value is -8.61. The summed E-state index contributed by atoms with van der Waals surface area (Å²) in [6.45, 7) is 0. The van der Waals surface area contributed by atoms with Gasteiger partial charge in [0.1, 0.15) is 11.5 Å². The third kappa shape index (κ3) is 6.58. The SMILES string of the molecule is c1ccc(-c2nc(-c3ccc(-c4ccc(-c5nc(-c6ccc7ccccc7c6)nc(-c6ccc7ccccc7c6)n5)cc4)cc3)n3c(-c4ccccc4)c4ccccc4c3n2)cc1. The predicted octanol–water partition coefficient (Wildman–Crippen LogP) is 14.0. The van der Waals surface area contributed by atoms with E-state index in [1.165, 1.54) is 10.8 Å². The minimum Gasteiger partial charge on any atom is -0.277 e. The Balaban J connectivity index is 0.941. The Morgan fingerprint density at radius 1 is 0.254 bits per heavy atom.